The minimum absolute atomic E-state index is 0.153. The summed E-state index contributed by atoms with van der Waals surface area (Å²) in [5.41, 5.74) is 0.653. The summed E-state index contributed by atoms with van der Waals surface area (Å²) in [5.74, 6) is 1.35. The molecule has 1 aromatic heterocycles. The summed E-state index contributed by atoms with van der Waals surface area (Å²) in [5, 5.41) is 12.9. The van der Waals surface area contributed by atoms with Gasteiger partial charge in [-0.25, -0.2) is 0 Å². The fraction of sp³-hybridized carbons (Fsp3) is 0.211. The molecular formula is C19H18Cl2N4O2S. The molecule has 0 aliphatic rings. The number of carbonyl (C=O) groups excluding carboxylic acids is 1. The lowest BCUT2D eigenvalue weighted by Gasteiger charge is -2.14. The van der Waals surface area contributed by atoms with E-state index in [4.69, 9.17) is 27.9 Å². The van der Waals surface area contributed by atoms with Gasteiger partial charge in [0, 0.05) is 22.8 Å². The van der Waals surface area contributed by atoms with Gasteiger partial charge < -0.3 is 14.6 Å². The van der Waals surface area contributed by atoms with Crippen molar-refractivity contribution in [1.29, 1.82) is 0 Å². The van der Waals surface area contributed by atoms with Crippen molar-refractivity contribution < 1.29 is 9.53 Å². The summed E-state index contributed by atoms with van der Waals surface area (Å²) in [6.45, 7) is 1.88. The molecule has 0 aliphatic carbocycles. The van der Waals surface area contributed by atoms with E-state index in [1.54, 1.807) is 36.4 Å². The van der Waals surface area contributed by atoms with Gasteiger partial charge in [0.15, 0.2) is 17.1 Å². The Kier molecular flexibility index (Phi) is 6.83. The predicted octanol–water partition coefficient (Wildman–Crippen LogP) is 4.99. The Morgan fingerprint density at radius 1 is 1.18 bits per heavy atom. The van der Waals surface area contributed by atoms with Crippen LogP contribution >= 0.6 is 35.0 Å². The van der Waals surface area contributed by atoms with Crippen LogP contribution in [-0.4, -0.2) is 26.4 Å². The summed E-state index contributed by atoms with van der Waals surface area (Å²) in [7, 11) is 1.84. The van der Waals surface area contributed by atoms with Crippen LogP contribution in [-0.2, 0) is 11.8 Å². The highest BCUT2D eigenvalue weighted by molar-refractivity contribution is 7.99. The fourth-order valence-electron chi connectivity index (χ4n) is 2.50. The van der Waals surface area contributed by atoms with E-state index in [1.807, 2.05) is 30.7 Å². The molecule has 0 bridgehead atoms. The molecule has 0 saturated heterocycles. The number of thioether (sulfide) groups is 1. The van der Waals surface area contributed by atoms with Crippen molar-refractivity contribution in [3.63, 3.8) is 0 Å². The second kappa shape index (κ2) is 9.32. The maximum absolute atomic E-state index is 12.2. The zero-order valence-corrected chi connectivity index (χ0v) is 17.6. The molecule has 3 rings (SSSR count). The lowest BCUT2D eigenvalue weighted by atomic mass is 10.3. The maximum atomic E-state index is 12.2. The number of hydrogen-bond acceptors (Lipinski definition) is 5. The number of hydrogen-bond donors (Lipinski definition) is 1. The van der Waals surface area contributed by atoms with Crippen molar-refractivity contribution in [2.75, 3.05) is 11.1 Å². The van der Waals surface area contributed by atoms with E-state index in [0.29, 0.717) is 32.5 Å². The third-order valence-electron chi connectivity index (χ3n) is 3.78. The zero-order valence-electron chi connectivity index (χ0n) is 15.2. The fourth-order valence-corrected chi connectivity index (χ4v) is 3.59. The first kappa shape index (κ1) is 20.5. The average molecular weight is 437 g/mol. The van der Waals surface area contributed by atoms with Crippen molar-refractivity contribution in [1.82, 2.24) is 14.8 Å². The van der Waals surface area contributed by atoms with Crippen LogP contribution in [0.3, 0.4) is 0 Å². The van der Waals surface area contributed by atoms with E-state index in [2.05, 4.69) is 15.5 Å². The second-order valence-corrected chi connectivity index (χ2v) is 7.78. The van der Waals surface area contributed by atoms with Gasteiger partial charge in [0.2, 0.25) is 5.91 Å². The number of nitrogens with zero attached hydrogens (tertiary/aromatic N) is 3. The Hall–Kier alpha value is -2.22. The van der Waals surface area contributed by atoms with Crippen LogP contribution in [0.15, 0.2) is 53.7 Å². The van der Waals surface area contributed by atoms with Gasteiger partial charge in [0.1, 0.15) is 5.75 Å². The number of anilines is 1. The zero-order chi connectivity index (χ0) is 20.1. The van der Waals surface area contributed by atoms with Crippen LogP contribution in [0.4, 0.5) is 5.69 Å². The Labute approximate surface area is 177 Å². The molecule has 0 spiro atoms. The SMILES string of the molecule is CC(Oc1cccc(Cl)c1)c1nnc(SCC(=O)Nc2cccc(Cl)c2)n1C. The van der Waals surface area contributed by atoms with Crippen LogP contribution in [0.25, 0.3) is 0 Å². The topological polar surface area (TPSA) is 69.0 Å². The number of carbonyl (C=O) groups is 1. The normalized spacial score (nSPS) is 11.9. The Morgan fingerprint density at radius 3 is 2.61 bits per heavy atom. The van der Waals surface area contributed by atoms with Gasteiger partial charge in [-0.3, -0.25) is 4.79 Å². The molecule has 1 N–H and O–H groups in total. The number of benzene rings is 2. The highest BCUT2D eigenvalue weighted by atomic mass is 35.5. The van der Waals surface area contributed by atoms with Crippen molar-refractivity contribution in [2.45, 2.75) is 18.2 Å². The van der Waals surface area contributed by atoms with Crippen LogP contribution in [0.2, 0.25) is 10.0 Å². The van der Waals surface area contributed by atoms with Gasteiger partial charge in [-0.2, -0.15) is 0 Å². The highest BCUT2D eigenvalue weighted by Crippen LogP contribution is 2.25. The van der Waals surface area contributed by atoms with Crippen molar-refractivity contribution in [3.8, 4) is 5.75 Å². The quantitative estimate of drug-likeness (QED) is 0.528. The van der Waals surface area contributed by atoms with Gasteiger partial charge >= 0.3 is 0 Å². The third kappa shape index (κ3) is 5.41. The standard InChI is InChI=1S/C19H18Cl2N4O2S/c1-12(27-16-8-4-6-14(21)10-16)18-23-24-19(25(18)2)28-11-17(26)22-15-7-3-5-13(20)9-15/h3-10,12H,11H2,1-2H3,(H,22,26). The Balaban J connectivity index is 1.58. The van der Waals surface area contributed by atoms with Crippen LogP contribution in [0, 0.1) is 0 Å². The van der Waals surface area contributed by atoms with Crippen molar-refractivity contribution in [3.05, 3.63) is 64.4 Å². The summed E-state index contributed by atoms with van der Waals surface area (Å²) < 4.78 is 7.69. The van der Waals surface area contributed by atoms with Crippen molar-refractivity contribution >= 4 is 46.6 Å². The summed E-state index contributed by atoms with van der Waals surface area (Å²) in [4.78, 5) is 12.2. The van der Waals surface area contributed by atoms with Crippen LogP contribution in [0.5, 0.6) is 5.75 Å². The Morgan fingerprint density at radius 2 is 1.89 bits per heavy atom. The molecule has 0 fully saturated rings. The molecule has 3 aromatic rings. The Bertz CT molecular complexity index is 980. The molecule has 0 saturated carbocycles. The second-order valence-electron chi connectivity index (χ2n) is 5.96. The van der Waals surface area contributed by atoms with Gasteiger partial charge in [-0.15, -0.1) is 10.2 Å². The van der Waals surface area contributed by atoms with E-state index in [0.717, 1.165) is 0 Å². The number of rotatable bonds is 7. The van der Waals surface area contributed by atoms with Gasteiger partial charge in [0.05, 0.1) is 5.75 Å². The molecule has 28 heavy (non-hydrogen) atoms. The molecule has 146 valence electrons. The summed E-state index contributed by atoms with van der Waals surface area (Å²) in [6.07, 6.45) is -0.328. The van der Waals surface area contributed by atoms with E-state index < -0.39 is 0 Å². The highest BCUT2D eigenvalue weighted by Gasteiger charge is 2.18. The largest absolute Gasteiger partial charge is 0.483 e. The lowest BCUT2D eigenvalue weighted by Crippen LogP contribution is -2.14. The maximum Gasteiger partial charge on any atom is 0.234 e. The first-order valence-electron chi connectivity index (χ1n) is 8.42. The van der Waals surface area contributed by atoms with Crippen LogP contribution < -0.4 is 10.1 Å². The number of nitrogens with one attached hydrogen (secondary N) is 1. The first-order valence-corrected chi connectivity index (χ1v) is 10.2. The lowest BCUT2D eigenvalue weighted by molar-refractivity contribution is -0.113. The summed E-state index contributed by atoms with van der Waals surface area (Å²) >= 11 is 13.2. The molecular weight excluding hydrogens is 419 g/mol. The molecule has 0 aliphatic heterocycles. The van der Waals surface area contributed by atoms with E-state index >= 15 is 0 Å². The molecule has 1 amide bonds. The number of ether oxygens (including phenoxy) is 1. The molecule has 6 nitrogen and oxygen atoms in total. The van der Waals surface area contributed by atoms with E-state index in [9.17, 15) is 4.79 Å². The van der Waals surface area contributed by atoms with Gasteiger partial charge in [-0.05, 0) is 43.3 Å². The molecule has 0 radical (unpaired) electrons. The minimum atomic E-state index is -0.328. The monoisotopic (exact) mass is 436 g/mol. The van der Waals surface area contributed by atoms with Crippen LogP contribution in [0.1, 0.15) is 18.9 Å². The van der Waals surface area contributed by atoms with Gasteiger partial charge in [0.25, 0.3) is 0 Å². The first-order chi connectivity index (χ1) is 13.4. The number of amides is 1. The van der Waals surface area contributed by atoms with Crippen molar-refractivity contribution in [2.24, 2.45) is 7.05 Å². The van der Waals surface area contributed by atoms with E-state index in [-0.39, 0.29) is 17.8 Å². The number of halogens is 2. The number of aromatic nitrogens is 3. The molecule has 9 heteroatoms. The van der Waals surface area contributed by atoms with E-state index in [1.165, 1.54) is 11.8 Å². The summed E-state index contributed by atoms with van der Waals surface area (Å²) in [6, 6.07) is 14.2. The van der Waals surface area contributed by atoms with Gasteiger partial charge in [-0.1, -0.05) is 47.1 Å². The smallest absolute Gasteiger partial charge is 0.234 e. The predicted molar refractivity (Wildman–Crippen MR) is 112 cm³/mol. The third-order valence-corrected chi connectivity index (χ3v) is 5.27. The molecule has 1 unspecified atom stereocenters. The average Bonchev–Trinajstić information content (AvgIpc) is 3.01. The molecule has 2 aromatic carbocycles. The molecule has 1 atom stereocenters. The minimum Gasteiger partial charge on any atom is -0.483 e. The molecule has 1 heterocycles.